The number of carbonyl (C=O) groups is 4. The second kappa shape index (κ2) is 69.5. The van der Waals surface area contributed by atoms with Crippen LogP contribution in [-0.4, -0.2) is 96.7 Å². The molecule has 0 saturated carbocycles. The average Bonchev–Trinajstić information content (AvgIpc) is 2.01. The topological polar surface area (TPSA) is 237 Å². The van der Waals surface area contributed by atoms with Crippen LogP contribution in [0.2, 0.25) is 0 Å². The number of aliphatic hydroxyl groups excluding tert-OH is 1. The Kier molecular flexibility index (Phi) is 68.1. The lowest BCUT2D eigenvalue weighted by Crippen LogP contribution is -2.30. The summed E-state index contributed by atoms with van der Waals surface area (Å²) in [5.41, 5.74) is 0. The Morgan fingerprint density at radius 1 is 0.255 bits per heavy atom. The largest absolute Gasteiger partial charge is 0.472 e. The molecular formula is C75H146O17P2. The molecule has 0 aromatic rings. The summed E-state index contributed by atoms with van der Waals surface area (Å²) in [5.74, 6) is -2.11. The van der Waals surface area contributed by atoms with Gasteiger partial charge >= 0.3 is 39.5 Å². The van der Waals surface area contributed by atoms with Crippen molar-refractivity contribution >= 4 is 39.5 Å². The van der Waals surface area contributed by atoms with E-state index in [1.807, 2.05) is 0 Å². The molecule has 0 fully saturated rings. The van der Waals surface area contributed by atoms with Crippen molar-refractivity contribution in [1.29, 1.82) is 0 Å². The van der Waals surface area contributed by atoms with E-state index in [-0.39, 0.29) is 25.7 Å². The van der Waals surface area contributed by atoms with E-state index in [0.29, 0.717) is 25.7 Å². The van der Waals surface area contributed by atoms with Gasteiger partial charge in [-0.25, -0.2) is 9.13 Å². The minimum Gasteiger partial charge on any atom is -0.462 e. The number of ether oxygens (including phenoxy) is 4. The molecule has 0 amide bonds. The Morgan fingerprint density at radius 3 is 0.628 bits per heavy atom. The maximum absolute atomic E-state index is 13.1. The molecule has 17 nitrogen and oxygen atoms in total. The number of aliphatic hydroxyl groups is 1. The molecule has 0 radical (unpaired) electrons. The van der Waals surface area contributed by atoms with E-state index in [1.54, 1.807) is 0 Å². The second-order valence-corrected chi connectivity index (χ2v) is 29.9. The summed E-state index contributed by atoms with van der Waals surface area (Å²) in [6, 6.07) is 0. The standard InChI is InChI=1S/C75H146O17P2/c1-5-9-13-17-21-25-29-33-34-35-36-37-38-42-46-50-54-58-62-75(80)92-71(66-86-73(78)60-56-52-48-44-40-31-27-23-19-15-11-7-3)68-90-94(83,84)88-64-69(76)63-87-93(81,82)89-67-70(91-74(79)61-57-53-49-45-41-32-28-24-20-16-12-8-4)65-85-72(77)59-55-51-47-43-39-30-26-22-18-14-10-6-2/h69-71,76H,5-68H2,1-4H3,(H,81,82)(H,83,84)/t69-,70+,71+/m0/s1. The molecule has 0 aliphatic carbocycles. The van der Waals surface area contributed by atoms with Gasteiger partial charge in [-0.2, -0.15) is 0 Å². The average molecular weight is 1380 g/mol. The third kappa shape index (κ3) is 68.6. The smallest absolute Gasteiger partial charge is 0.462 e. The second-order valence-electron chi connectivity index (χ2n) is 27.0. The highest BCUT2D eigenvalue weighted by Crippen LogP contribution is 2.45. The molecule has 0 spiro atoms. The van der Waals surface area contributed by atoms with Gasteiger partial charge in [-0.3, -0.25) is 37.3 Å². The lowest BCUT2D eigenvalue weighted by atomic mass is 10.0. The van der Waals surface area contributed by atoms with Crippen molar-refractivity contribution in [3.8, 4) is 0 Å². The number of esters is 4. The fourth-order valence-electron chi connectivity index (χ4n) is 11.6. The summed E-state index contributed by atoms with van der Waals surface area (Å²) in [6.45, 7) is 4.99. The Hall–Kier alpha value is -1.94. The molecule has 0 aliphatic heterocycles. The highest BCUT2D eigenvalue weighted by molar-refractivity contribution is 7.47. The van der Waals surface area contributed by atoms with E-state index in [9.17, 15) is 43.2 Å². The van der Waals surface area contributed by atoms with Crippen LogP contribution in [0.1, 0.15) is 400 Å². The maximum Gasteiger partial charge on any atom is 0.472 e. The number of hydrogen-bond acceptors (Lipinski definition) is 15. The van der Waals surface area contributed by atoms with Gasteiger partial charge in [-0.05, 0) is 25.7 Å². The number of unbranched alkanes of at least 4 members (excludes halogenated alkanes) is 50. The van der Waals surface area contributed by atoms with Crippen LogP contribution in [0.15, 0.2) is 0 Å². The predicted octanol–water partition coefficient (Wildman–Crippen LogP) is 22.2. The molecule has 0 aromatic heterocycles. The molecular weight excluding hydrogens is 1230 g/mol. The maximum atomic E-state index is 13.1. The number of rotatable bonds is 76. The van der Waals surface area contributed by atoms with Crippen LogP contribution >= 0.6 is 15.6 Å². The van der Waals surface area contributed by atoms with Gasteiger partial charge < -0.3 is 33.8 Å². The first-order valence-corrected chi connectivity index (χ1v) is 42.3. The van der Waals surface area contributed by atoms with Crippen LogP contribution < -0.4 is 0 Å². The van der Waals surface area contributed by atoms with Crippen LogP contribution in [-0.2, 0) is 65.4 Å². The number of phosphoric ester groups is 2. The lowest BCUT2D eigenvalue weighted by molar-refractivity contribution is -0.161. The number of carbonyl (C=O) groups excluding carboxylic acids is 4. The van der Waals surface area contributed by atoms with E-state index < -0.39 is 97.5 Å². The highest BCUT2D eigenvalue weighted by atomic mass is 31.2. The molecule has 558 valence electrons. The quantitative estimate of drug-likeness (QED) is 0.0222. The lowest BCUT2D eigenvalue weighted by Gasteiger charge is -2.21. The zero-order valence-electron chi connectivity index (χ0n) is 60.9. The van der Waals surface area contributed by atoms with Crippen LogP contribution in [0, 0.1) is 0 Å². The van der Waals surface area contributed by atoms with Crippen molar-refractivity contribution in [2.75, 3.05) is 39.6 Å². The molecule has 2 unspecified atom stereocenters. The van der Waals surface area contributed by atoms with Crippen LogP contribution in [0.4, 0.5) is 0 Å². The van der Waals surface area contributed by atoms with Gasteiger partial charge in [0, 0.05) is 25.7 Å². The Bertz CT molecular complexity index is 1790. The molecule has 0 rings (SSSR count). The third-order valence-corrected chi connectivity index (χ3v) is 19.5. The molecule has 0 aliphatic rings. The summed E-state index contributed by atoms with van der Waals surface area (Å²) in [7, 11) is -9.91. The first-order chi connectivity index (χ1) is 45.7. The van der Waals surface area contributed by atoms with Crippen LogP contribution in [0.3, 0.4) is 0 Å². The Morgan fingerprint density at radius 2 is 0.426 bits per heavy atom. The van der Waals surface area contributed by atoms with Gasteiger partial charge in [0.15, 0.2) is 12.2 Å². The van der Waals surface area contributed by atoms with Crippen molar-refractivity contribution < 1.29 is 80.2 Å². The van der Waals surface area contributed by atoms with Crippen molar-refractivity contribution in [3.63, 3.8) is 0 Å². The van der Waals surface area contributed by atoms with Gasteiger partial charge in [-0.1, -0.05) is 349 Å². The minimum atomic E-state index is -4.95. The highest BCUT2D eigenvalue weighted by Gasteiger charge is 2.30. The van der Waals surface area contributed by atoms with E-state index in [2.05, 4.69) is 27.7 Å². The number of phosphoric acid groups is 2. The normalized spacial score (nSPS) is 13.9. The summed E-state index contributed by atoms with van der Waals surface area (Å²) >= 11 is 0. The fourth-order valence-corrected chi connectivity index (χ4v) is 13.2. The molecule has 19 heteroatoms. The van der Waals surface area contributed by atoms with Gasteiger partial charge in [0.25, 0.3) is 0 Å². The molecule has 0 heterocycles. The molecule has 0 saturated heterocycles. The Balaban J connectivity index is 5.23. The van der Waals surface area contributed by atoms with E-state index in [4.69, 9.17) is 37.0 Å². The first kappa shape index (κ1) is 92.1. The van der Waals surface area contributed by atoms with E-state index in [1.165, 1.54) is 231 Å². The van der Waals surface area contributed by atoms with Crippen molar-refractivity contribution in [2.24, 2.45) is 0 Å². The predicted molar refractivity (Wildman–Crippen MR) is 382 cm³/mol. The third-order valence-electron chi connectivity index (χ3n) is 17.6. The Labute approximate surface area is 575 Å². The van der Waals surface area contributed by atoms with Crippen molar-refractivity contribution in [1.82, 2.24) is 0 Å². The van der Waals surface area contributed by atoms with Gasteiger partial charge in [0.1, 0.15) is 19.3 Å². The summed E-state index contributed by atoms with van der Waals surface area (Å²) in [5, 5.41) is 10.6. The zero-order valence-corrected chi connectivity index (χ0v) is 62.7. The summed E-state index contributed by atoms with van der Waals surface area (Å²) < 4.78 is 68.5. The zero-order chi connectivity index (χ0) is 69.0. The van der Waals surface area contributed by atoms with Crippen molar-refractivity contribution in [3.05, 3.63) is 0 Å². The summed E-state index contributed by atoms with van der Waals surface area (Å²) in [6.07, 6.45) is 59.4. The van der Waals surface area contributed by atoms with Gasteiger partial charge in [0.2, 0.25) is 0 Å². The number of hydrogen-bond donors (Lipinski definition) is 3. The molecule has 94 heavy (non-hydrogen) atoms. The minimum absolute atomic E-state index is 0.108. The monoisotopic (exact) mass is 1380 g/mol. The van der Waals surface area contributed by atoms with E-state index >= 15 is 0 Å². The first-order valence-electron chi connectivity index (χ1n) is 39.3. The molecule has 0 aromatic carbocycles. The summed E-state index contributed by atoms with van der Waals surface area (Å²) in [4.78, 5) is 72.8. The van der Waals surface area contributed by atoms with Gasteiger partial charge in [0.05, 0.1) is 26.4 Å². The van der Waals surface area contributed by atoms with E-state index in [0.717, 1.165) is 89.9 Å². The SMILES string of the molecule is CCCCCCCCCCCCCCCCCCCCC(=O)O[C@H](COC(=O)CCCCCCCCCCCCCC)COP(=O)(O)OC[C@@H](O)COP(=O)(O)OC[C@@H](COC(=O)CCCCCCCCCCCCCC)OC(=O)CCCCCCCCCCCCCC. The molecule has 0 bridgehead atoms. The molecule has 3 N–H and O–H groups in total. The fraction of sp³-hybridized carbons (Fsp3) is 0.947. The molecule has 5 atom stereocenters. The van der Waals surface area contributed by atoms with Crippen LogP contribution in [0.5, 0.6) is 0 Å². The van der Waals surface area contributed by atoms with Gasteiger partial charge in [-0.15, -0.1) is 0 Å². The van der Waals surface area contributed by atoms with Crippen molar-refractivity contribution in [2.45, 2.75) is 418 Å². The van der Waals surface area contributed by atoms with Crippen LogP contribution in [0.25, 0.3) is 0 Å².